The van der Waals surface area contributed by atoms with Crippen LogP contribution < -0.4 is 21.1 Å². The van der Waals surface area contributed by atoms with Crippen LogP contribution >= 0.6 is 0 Å². The van der Waals surface area contributed by atoms with E-state index in [1.807, 2.05) is 42.5 Å². The Balaban J connectivity index is 1.49. The van der Waals surface area contributed by atoms with Crippen LogP contribution in [-0.2, 0) is 11.3 Å². The zero-order valence-electron chi connectivity index (χ0n) is 18.2. The molecule has 8 nitrogen and oxygen atoms in total. The van der Waals surface area contributed by atoms with Crippen LogP contribution in [-0.4, -0.2) is 29.3 Å². The summed E-state index contributed by atoms with van der Waals surface area (Å²) in [5.74, 6) is 1.07. The number of nitriles is 1. The van der Waals surface area contributed by atoms with Crippen molar-refractivity contribution >= 4 is 11.6 Å². The highest BCUT2D eigenvalue weighted by atomic mass is 16.5. The van der Waals surface area contributed by atoms with Gasteiger partial charge in [0.2, 0.25) is 5.95 Å². The van der Waals surface area contributed by atoms with Gasteiger partial charge >= 0.3 is 0 Å². The highest BCUT2D eigenvalue weighted by molar-refractivity contribution is 5.66. The Morgan fingerprint density at radius 3 is 2.88 bits per heavy atom. The fourth-order valence-corrected chi connectivity index (χ4v) is 3.57. The third-order valence-electron chi connectivity index (χ3n) is 5.22. The molecule has 1 aromatic heterocycles. The summed E-state index contributed by atoms with van der Waals surface area (Å²) in [5, 5.41) is 16.0. The molecule has 0 unspecified atom stereocenters. The molecule has 168 valence electrons. The summed E-state index contributed by atoms with van der Waals surface area (Å²) in [4.78, 5) is 8.97. The monoisotopic (exact) mass is 442 g/mol. The number of nitrogens with zero attached hydrogens (tertiary/aromatic N) is 3. The summed E-state index contributed by atoms with van der Waals surface area (Å²) >= 11 is 0. The minimum Gasteiger partial charge on any atom is -0.489 e. The third-order valence-corrected chi connectivity index (χ3v) is 5.22. The zero-order valence-corrected chi connectivity index (χ0v) is 18.2. The second kappa shape index (κ2) is 11.0. The summed E-state index contributed by atoms with van der Waals surface area (Å²) in [5.41, 5.74) is 9.34. The van der Waals surface area contributed by atoms with Gasteiger partial charge in [0, 0.05) is 49.2 Å². The van der Waals surface area contributed by atoms with Crippen LogP contribution in [0.15, 0.2) is 67.1 Å². The number of hydrogen-bond donors (Lipinski definition) is 3. The first-order valence-corrected chi connectivity index (χ1v) is 10.8. The van der Waals surface area contributed by atoms with Crippen LogP contribution in [0, 0.1) is 11.3 Å². The Kier molecular flexibility index (Phi) is 7.36. The Bertz CT molecular complexity index is 1150. The van der Waals surface area contributed by atoms with Crippen molar-refractivity contribution in [3.8, 4) is 23.1 Å². The average Bonchev–Trinajstić information content (AvgIpc) is 2.85. The number of anilines is 2. The highest BCUT2D eigenvalue weighted by Crippen LogP contribution is 2.28. The fraction of sp³-hybridized carbons (Fsp3) is 0.240. The maximum Gasteiger partial charge on any atom is 0.227 e. The maximum absolute atomic E-state index is 9.66. The van der Waals surface area contributed by atoms with Crippen molar-refractivity contribution in [1.29, 1.82) is 5.26 Å². The molecule has 0 aliphatic carbocycles. The third kappa shape index (κ3) is 5.99. The molecule has 1 saturated heterocycles. The quantitative estimate of drug-likeness (QED) is 0.482. The second-order valence-corrected chi connectivity index (χ2v) is 7.58. The molecular formula is C25H26N6O2. The van der Waals surface area contributed by atoms with Gasteiger partial charge in [-0.1, -0.05) is 12.1 Å². The molecule has 4 N–H and O–H groups in total. The number of nitrogens with one attached hydrogen (secondary N) is 2. The lowest BCUT2D eigenvalue weighted by atomic mass is 10.1. The van der Waals surface area contributed by atoms with Crippen molar-refractivity contribution in [3.05, 3.63) is 78.3 Å². The molecule has 4 rings (SSSR count). The van der Waals surface area contributed by atoms with Gasteiger partial charge in [-0.3, -0.25) is 0 Å². The van der Waals surface area contributed by atoms with E-state index in [0.717, 1.165) is 29.7 Å². The second-order valence-electron chi connectivity index (χ2n) is 7.58. The molecule has 1 aliphatic heterocycles. The Hall–Kier alpha value is -4.09. The fourth-order valence-electron chi connectivity index (χ4n) is 3.57. The minimum absolute atomic E-state index is 0.0730. The van der Waals surface area contributed by atoms with Crippen LogP contribution in [0.4, 0.5) is 11.6 Å². The first-order valence-electron chi connectivity index (χ1n) is 10.8. The Labute approximate surface area is 193 Å². The standard InChI is InChI=1S/C25H26N6O2/c26-9-11-28-17-18-2-1-3-21(14-18)30-25-29-10-6-23(31-25)19-4-5-24(20(15-19)16-27)33-22-7-12-32-13-8-22/h1-6,9-11,14-15,22,28H,7-8,12-13,17,26H2,(H,29,30,31)/b11-9-. The molecule has 0 saturated carbocycles. The van der Waals surface area contributed by atoms with Crippen LogP contribution in [0.5, 0.6) is 5.75 Å². The summed E-state index contributed by atoms with van der Waals surface area (Å²) in [6, 6.07) is 17.6. The molecule has 8 heteroatoms. The van der Waals surface area contributed by atoms with E-state index in [-0.39, 0.29) is 6.10 Å². The predicted molar refractivity (Wildman–Crippen MR) is 127 cm³/mol. The van der Waals surface area contributed by atoms with Crippen molar-refractivity contribution in [2.75, 3.05) is 18.5 Å². The lowest BCUT2D eigenvalue weighted by Crippen LogP contribution is -2.26. The van der Waals surface area contributed by atoms with Gasteiger partial charge in [-0.25, -0.2) is 9.97 Å². The molecule has 3 aromatic rings. The number of nitrogens with two attached hydrogens (primary N) is 1. The van der Waals surface area contributed by atoms with Crippen molar-refractivity contribution < 1.29 is 9.47 Å². The minimum atomic E-state index is 0.0730. The van der Waals surface area contributed by atoms with Gasteiger partial charge in [-0.2, -0.15) is 5.26 Å². The van der Waals surface area contributed by atoms with Gasteiger partial charge in [0.05, 0.1) is 24.5 Å². The van der Waals surface area contributed by atoms with Gasteiger partial charge in [0.25, 0.3) is 0 Å². The van der Waals surface area contributed by atoms with E-state index in [2.05, 4.69) is 26.7 Å². The van der Waals surface area contributed by atoms with Crippen LogP contribution in [0.3, 0.4) is 0 Å². The first-order chi connectivity index (χ1) is 16.2. The molecule has 1 aliphatic rings. The SMILES string of the molecule is N#Cc1cc(-c2ccnc(Nc3cccc(CN/C=C\N)c3)n2)ccc1OC1CCOCC1. The van der Waals surface area contributed by atoms with Crippen LogP contribution in [0.2, 0.25) is 0 Å². The van der Waals surface area contributed by atoms with E-state index in [1.165, 1.54) is 6.20 Å². The lowest BCUT2D eigenvalue weighted by molar-refractivity contribution is 0.0254. The van der Waals surface area contributed by atoms with Crippen molar-refractivity contribution in [2.24, 2.45) is 5.73 Å². The van der Waals surface area contributed by atoms with Crippen molar-refractivity contribution in [2.45, 2.75) is 25.5 Å². The molecule has 0 bridgehead atoms. The summed E-state index contributed by atoms with van der Waals surface area (Å²) in [7, 11) is 0. The molecule has 0 radical (unpaired) electrons. The molecule has 0 amide bonds. The highest BCUT2D eigenvalue weighted by Gasteiger charge is 2.17. The topological polar surface area (TPSA) is 118 Å². The summed E-state index contributed by atoms with van der Waals surface area (Å²) in [6.07, 6.45) is 6.58. The number of benzene rings is 2. The molecule has 0 atom stereocenters. The van der Waals surface area contributed by atoms with E-state index in [0.29, 0.717) is 42.7 Å². The Morgan fingerprint density at radius 2 is 2.06 bits per heavy atom. The van der Waals surface area contributed by atoms with Gasteiger partial charge in [-0.05, 0) is 42.0 Å². The van der Waals surface area contributed by atoms with Crippen LogP contribution in [0.25, 0.3) is 11.3 Å². The van der Waals surface area contributed by atoms with E-state index in [4.69, 9.17) is 15.2 Å². The van der Waals surface area contributed by atoms with E-state index in [1.54, 1.807) is 18.5 Å². The zero-order chi connectivity index (χ0) is 22.9. The van der Waals surface area contributed by atoms with Gasteiger partial charge in [0.15, 0.2) is 0 Å². The molecule has 2 heterocycles. The summed E-state index contributed by atoms with van der Waals surface area (Å²) in [6.45, 7) is 2.03. The molecule has 33 heavy (non-hydrogen) atoms. The predicted octanol–water partition coefficient (Wildman–Crippen LogP) is 3.84. The van der Waals surface area contributed by atoms with E-state index in [9.17, 15) is 5.26 Å². The van der Waals surface area contributed by atoms with Gasteiger partial charge in [0.1, 0.15) is 17.9 Å². The molecule has 1 fully saturated rings. The van der Waals surface area contributed by atoms with Gasteiger partial charge < -0.3 is 25.8 Å². The molecule has 0 spiro atoms. The average molecular weight is 443 g/mol. The normalized spacial score (nSPS) is 14.0. The molecular weight excluding hydrogens is 416 g/mol. The van der Waals surface area contributed by atoms with E-state index < -0.39 is 0 Å². The van der Waals surface area contributed by atoms with E-state index >= 15 is 0 Å². The number of rotatable bonds is 8. The van der Waals surface area contributed by atoms with Crippen molar-refractivity contribution in [1.82, 2.24) is 15.3 Å². The number of ether oxygens (including phenoxy) is 2. The number of aromatic nitrogens is 2. The smallest absolute Gasteiger partial charge is 0.227 e. The lowest BCUT2D eigenvalue weighted by Gasteiger charge is -2.23. The van der Waals surface area contributed by atoms with Crippen LogP contribution in [0.1, 0.15) is 24.0 Å². The maximum atomic E-state index is 9.66. The van der Waals surface area contributed by atoms with Gasteiger partial charge in [-0.15, -0.1) is 0 Å². The van der Waals surface area contributed by atoms with Crippen molar-refractivity contribution in [3.63, 3.8) is 0 Å². The number of hydrogen-bond acceptors (Lipinski definition) is 8. The summed E-state index contributed by atoms with van der Waals surface area (Å²) < 4.78 is 11.4. The largest absolute Gasteiger partial charge is 0.489 e. The Morgan fingerprint density at radius 1 is 1.18 bits per heavy atom. The first kappa shape index (κ1) is 22.1. The molecule has 2 aromatic carbocycles.